The number of alkyl halides is 3. The first-order valence-corrected chi connectivity index (χ1v) is 9.99. The van der Waals surface area contributed by atoms with Crippen LogP contribution in [0.2, 0.25) is 0 Å². The molecule has 164 valence electrons. The van der Waals surface area contributed by atoms with Crippen LogP contribution in [-0.4, -0.2) is 40.6 Å². The van der Waals surface area contributed by atoms with Crippen molar-refractivity contribution in [3.8, 4) is 11.9 Å². The van der Waals surface area contributed by atoms with Gasteiger partial charge >= 0.3 is 6.18 Å². The Morgan fingerprint density at radius 3 is 2.90 bits per heavy atom. The number of nitrogens with zero attached hydrogens (tertiary/aromatic N) is 4. The monoisotopic (exact) mass is 431 g/mol. The van der Waals surface area contributed by atoms with Crippen LogP contribution in [0.5, 0.6) is 5.88 Å². The molecule has 0 bridgehead atoms. The lowest BCUT2D eigenvalue weighted by atomic mass is 10.1. The van der Waals surface area contributed by atoms with Crippen molar-refractivity contribution in [1.82, 2.24) is 20.1 Å². The van der Waals surface area contributed by atoms with Gasteiger partial charge < -0.3 is 10.1 Å². The second kappa shape index (κ2) is 9.79. The number of nitrogens with one attached hydrogen (secondary N) is 1. The largest absolute Gasteiger partial charge is 0.477 e. The summed E-state index contributed by atoms with van der Waals surface area (Å²) in [4.78, 5) is 4.44. The predicted octanol–water partition coefficient (Wildman–Crippen LogP) is 4.41. The summed E-state index contributed by atoms with van der Waals surface area (Å²) in [7, 11) is 0. The van der Waals surface area contributed by atoms with Gasteiger partial charge in [0.05, 0.1) is 36.4 Å². The highest BCUT2D eigenvalue weighted by atomic mass is 19.4. The van der Waals surface area contributed by atoms with Gasteiger partial charge in [-0.2, -0.15) is 23.5 Å². The van der Waals surface area contributed by atoms with Gasteiger partial charge in [-0.3, -0.25) is 4.68 Å². The zero-order valence-corrected chi connectivity index (χ0v) is 17.2. The van der Waals surface area contributed by atoms with Gasteiger partial charge in [-0.15, -0.1) is 0 Å². The second-order valence-corrected chi connectivity index (χ2v) is 7.43. The quantitative estimate of drug-likeness (QED) is 0.495. The molecular formula is C22H24F3N5O. The van der Waals surface area contributed by atoms with E-state index < -0.39 is 19.2 Å². The summed E-state index contributed by atoms with van der Waals surface area (Å²) >= 11 is 0. The van der Waals surface area contributed by atoms with Crippen LogP contribution in [-0.2, 0) is 6.54 Å². The lowest BCUT2D eigenvalue weighted by molar-refractivity contribution is -0.139. The molecule has 0 aliphatic carbocycles. The van der Waals surface area contributed by atoms with Crippen molar-refractivity contribution >= 4 is 16.6 Å². The molecule has 1 saturated heterocycles. The van der Waals surface area contributed by atoms with Gasteiger partial charge in [-0.1, -0.05) is 18.7 Å². The number of fused-ring (bicyclic) bond motifs is 1. The van der Waals surface area contributed by atoms with Crippen molar-refractivity contribution in [3.05, 3.63) is 48.2 Å². The van der Waals surface area contributed by atoms with Crippen molar-refractivity contribution in [3.63, 3.8) is 0 Å². The van der Waals surface area contributed by atoms with Crippen LogP contribution >= 0.6 is 0 Å². The first-order chi connectivity index (χ1) is 14.8. The molecule has 0 spiro atoms. The van der Waals surface area contributed by atoms with Gasteiger partial charge in [0.15, 0.2) is 0 Å². The van der Waals surface area contributed by atoms with Crippen molar-refractivity contribution in [2.24, 2.45) is 5.92 Å². The molecular weight excluding hydrogens is 407 g/mol. The minimum Gasteiger partial charge on any atom is -0.477 e. The standard InChI is InChI=1S/C22H24F3N5O/c1-3-16(11-26)5-4-15(2)18-10-20-19(29-21(18)31-9-7-22(23,24)25)13-28-30(20)14-17-6-8-27-12-17/h3-5,10,13,17,27H,1,6-9,12,14H2,2H3/b15-4+,16-5+/t17-/m0/s1. The summed E-state index contributed by atoms with van der Waals surface area (Å²) in [6, 6.07) is 3.84. The maximum absolute atomic E-state index is 12.6. The number of halogens is 3. The van der Waals surface area contributed by atoms with E-state index in [2.05, 4.69) is 22.0 Å². The molecule has 3 rings (SSSR count). The SMILES string of the molecule is C=C/C(C#N)=C\C=C(/C)c1cc2c(cnn2C[C@H]2CCNC2)nc1OCCC(F)(F)F. The fraction of sp³-hybridized carbons (Fsp3) is 0.409. The van der Waals surface area contributed by atoms with Crippen LogP contribution in [0.15, 0.2) is 42.6 Å². The van der Waals surface area contributed by atoms with Crippen molar-refractivity contribution in [2.45, 2.75) is 32.5 Å². The molecule has 0 amide bonds. The van der Waals surface area contributed by atoms with E-state index in [-0.39, 0.29) is 5.88 Å². The van der Waals surface area contributed by atoms with Crippen molar-refractivity contribution in [2.75, 3.05) is 19.7 Å². The Hall–Kier alpha value is -3.12. The average molecular weight is 431 g/mol. The van der Waals surface area contributed by atoms with Crippen molar-refractivity contribution in [1.29, 1.82) is 5.26 Å². The summed E-state index contributed by atoms with van der Waals surface area (Å²) in [5.74, 6) is 0.567. The molecule has 2 aromatic heterocycles. The molecule has 2 aromatic rings. The second-order valence-electron chi connectivity index (χ2n) is 7.43. The Labute approximate surface area is 178 Å². The Bertz CT molecular complexity index is 1040. The molecule has 1 fully saturated rings. The van der Waals surface area contributed by atoms with Gasteiger partial charge in [-0.25, -0.2) is 4.98 Å². The summed E-state index contributed by atoms with van der Waals surface area (Å²) in [6.07, 6.45) is 1.98. The lowest BCUT2D eigenvalue weighted by Gasteiger charge is -2.14. The maximum atomic E-state index is 12.6. The third-order valence-corrected chi connectivity index (χ3v) is 5.10. The number of hydrogen-bond donors (Lipinski definition) is 1. The van der Waals surface area contributed by atoms with Gasteiger partial charge in [0.25, 0.3) is 0 Å². The number of aromatic nitrogens is 3. The smallest absolute Gasteiger partial charge is 0.392 e. The zero-order chi connectivity index (χ0) is 22.4. The average Bonchev–Trinajstić information content (AvgIpc) is 3.37. The number of hydrogen-bond acceptors (Lipinski definition) is 5. The number of allylic oxidation sites excluding steroid dienone is 5. The molecule has 3 heterocycles. The number of rotatable bonds is 8. The highest BCUT2D eigenvalue weighted by Crippen LogP contribution is 2.30. The van der Waals surface area contributed by atoms with E-state index in [0.29, 0.717) is 28.1 Å². The molecule has 0 saturated carbocycles. The minimum atomic E-state index is -4.32. The minimum absolute atomic E-state index is 0.109. The number of nitriles is 1. The Kier molecular flexibility index (Phi) is 7.13. The summed E-state index contributed by atoms with van der Waals surface area (Å²) < 4.78 is 45.0. The molecule has 0 aromatic carbocycles. The highest BCUT2D eigenvalue weighted by molar-refractivity contribution is 5.82. The molecule has 9 heteroatoms. The molecule has 0 radical (unpaired) electrons. The summed E-state index contributed by atoms with van der Waals surface area (Å²) in [6.45, 7) is 7.45. The van der Waals surface area contributed by atoms with Gasteiger partial charge in [0, 0.05) is 12.1 Å². The molecule has 6 nitrogen and oxygen atoms in total. The molecule has 1 aliphatic rings. The van der Waals surface area contributed by atoms with E-state index in [1.54, 1.807) is 25.3 Å². The van der Waals surface area contributed by atoms with Crippen LogP contribution in [0.3, 0.4) is 0 Å². The van der Waals surface area contributed by atoms with E-state index in [4.69, 9.17) is 10.00 Å². The molecule has 1 atom stereocenters. The normalized spacial score (nSPS) is 17.7. The lowest BCUT2D eigenvalue weighted by Crippen LogP contribution is -2.15. The topological polar surface area (TPSA) is 75.8 Å². The maximum Gasteiger partial charge on any atom is 0.392 e. The molecule has 31 heavy (non-hydrogen) atoms. The molecule has 1 N–H and O–H groups in total. The van der Waals surface area contributed by atoms with E-state index in [1.807, 2.05) is 16.8 Å². The van der Waals surface area contributed by atoms with Crippen LogP contribution in [0.1, 0.15) is 25.3 Å². The van der Waals surface area contributed by atoms with Gasteiger partial charge in [0.1, 0.15) is 5.52 Å². The fourth-order valence-corrected chi connectivity index (χ4v) is 3.36. The van der Waals surface area contributed by atoms with Crippen LogP contribution in [0.25, 0.3) is 16.6 Å². The molecule has 0 unspecified atom stereocenters. The highest BCUT2D eigenvalue weighted by Gasteiger charge is 2.27. The third-order valence-electron chi connectivity index (χ3n) is 5.10. The van der Waals surface area contributed by atoms with E-state index in [1.165, 1.54) is 6.08 Å². The van der Waals surface area contributed by atoms with Crippen LogP contribution < -0.4 is 10.1 Å². The third kappa shape index (κ3) is 5.95. The zero-order valence-electron chi connectivity index (χ0n) is 17.2. The number of pyridine rings is 1. The Balaban J connectivity index is 1.97. The van der Waals surface area contributed by atoms with Gasteiger partial charge in [0.2, 0.25) is 5.88 Å². The van der Waals surface area contributed by atoms with Crippen molar-refractivity contribution < 1.29 is 17.9 Å². The van der Waals surface area contributed by atoms with Crippen LogP contribution in [0, 0.1) is 17.2 Å². The molecule has 1 aliphatic heterocycles. The first kappa shape index (κ1) is 22.6. The van der Waals surface area contributed by atoms with E-state index in [0.717, 1.165) is 31.6 Å². The summed E-state index contributed by atoms with van der Waals surface area (Å²) in [5, 5.41) is 16.8. The van der Waals surface area contributed by atoms with Crippen LogP contribution in [0.4, 0.5) is 13.2 Å². The summed E-state index contributed by atoms with van der Waals surface area (Å²) in [5.41, 5.74) is 2.96. The van der Waals surface area contributed by atoms with E-state index in [9.17, 15) is 13.2 Å². The predicted molar refractivity (Wildman–Crippen MR) is 112 cm³/mol. The fourth-order valence-electron chi connectivity index (χ4n) is 3.36. The van der Waals surface area contributed by atoms with Gasteiger partial charge in [-0.05, 0) is 50.1 Å². The first-order valence-electron chi connectivity index (χ1n) is 9.99. The number of ether oxygens (including phenoxy) is 1. The Morgan fingerprint density at radius 2 is 2.26 bits per heavy atom. The Morgan fingerprint density at radius 1 is 1.45 bits per heavy atom. The van der Waals surface area contributed by atoms with E-state index >= 15 is 0 Å².